The van der Waals surface area contributed by atoms with Crippen LogP contribution in [0.15, 0.2) is 48.5 Å². The highest BCUT2D eigenvalue weighted by atomic mass is 35.5. The molecule has 0 spiro atoms. The van der Waals surface area contributed by atoms with Crippen molar-refractivity contribution in [3.8, 4) is 6.07 Å². The first kappa shape index (κ1) is 15.4. The Hall–Kier alpha value is -1.53. The maximum atomic E-state index is 9.47. The third kappa shape index (κ3) is 3.28. The molecule has 0 aromatic heterocycles. The molecule has 0 bridgehead atoms. The zero-order valence-electron chi connectivity index (χ0n) is 12.0. The van der Waals surface area contributed by atoms with Gasteiger partial charge in [-0.25, -0.2) is 0 Å². The first-order chi connectivity index (χ1) is 10.7. The zero-order chi connectivity index (χ0) is 15.5. The molecule has 2 aromatic carbocycles. The number of likely N-dealkylation sites (tertiary alicyclic amines) is 1. The van der Waals surface area contributed by atoms with Crippen molar-refractivity contribution >= 4 is 23.2 Å². The minimum atomic E-state index is -0.0130. The molecule has 0 saturated carbocycles. The molecule has 4 heteroatoms. The van der Waals surface area contributed by atoms with Gasteiger partial charge in [-0.3, -0.25) is 4.90 Å². The zero-order valence-corrected chi connectivity index (χ0v) is 13.6. The molecular formula is C18H16Cl2N2. The van der Waals surface area contributed by atoms with Crippen LogP contribution in [-0.4, -0.2) is 18.0 Å². The molecule has 2 atom stereocenters. The van der Waals surface area contributed by atoms with Crippen molar-refractivity contribution in [1.29, 1.82) is 5.26 Å². The monoisotopic (exact) mass is 330 g/mol. The van der Waals surface area contributed by atoms with Gasteiger partial charge in [-0.05, 0) is 23.3 Å². The van der Waals surface area contributed by atoms with E-state index in [0.29, 0.717) is 10.0 Å². The first-order valence-corrected chi connectivity index (χ1v) is 8.04. The van der Waals surface area contributed by atoms with Crippen molar-refractivity contribution in [2.24, 2.45) is 5.92 Å². The highest BCUT2D eigenvalue weighted by molar-refractivity contribution is 6.42. The summed E-state index contributed by atoms with van der Waals surface area (Å²) in [6, 6.07) is 18.5. The van der Waals surface area contributed by atoms with E-state index in [9.17, 15) is 5.26 Å². The second kappa shape index (κ2) is 6.71. The first-order valence-electron chi connectivity index (χ1n) is 7.28. The van der Waals surface area contributed by atoms with Crippen LogP contribution in [0.4, 0.5) is 0 Å². The topological polar surface area (TPSA) is 27.0 Å². The average Bonchev–Trinajstić information content (AvgIpc) is 2.94. The van der Waals surface area contributed by atoms with Gasteiger partial charge in [-0.2, -0.15) is 5.26 Å². The second-order valence-electron chi connectivity index (χ2n) is 5.70. The Labute approximate surface area is 140 Å². The van der Waals surface area contributed by atoms with Gasteiger partial charge in [0.2, 0.25) is 0 Å². The Bertz CT molecular complexity index is 694. The van der Waals surface area contributed by atoms with E-state index in [0.717, 1.165) is 25.2 Å². The van der Waals surface area contributed by atoms with E-state index in [1.165, 1.54) is 5.56 Å². The Morgan fingerprint density at radius 1 is 1.05 bits per heavy atom. The van der Waals surface area contributed by atoms with Gasteiger partial charge in [0.05, 0.1) is 22.0 Å². The molecule has 3 rings (SSSR count). The maximum absolute atomic E-state index is 9.47. The van der Waals surface area contributed by atoms with E-state index in [4.69, 9.17) is 23.2 Å². The predicted octanol–water partition coefficient (Wildman–Crippen LogP) is 4.73. The number of halogens is 2. The summed E-state index contributed by atoms with van der Waals surface area (Å²) >= 11 is 12.1. The molecule has 0 amide bonds. The molecule has 1 saturated heterocycles. The van der Waals surface area contributed by atoms with Gasteiger partial charge in [0.1, 0.15) is 0 Å². The summed E-state index contributed by atoms with van der Waals surface area (Å²) < 4.78 is 0. The SMILES string of the molecule is N#C[C@@H]1CN(Cc2ccccc2)C[C@@H]1c1ccc(Cl)c(Cl)c1. The van der Waals surface area contributed by atoms with Crippen LogP contribution < -0.4 is 0 Å². The van der Waals surface area contributed by atoms with Crippen LogP contribution in [-0.2, 0) is 6.54 Å². The highest BCUT2D eigenvalue weighted by Gasteiger charge is 2.34. The predicted molar refractivity (Wildman–Crippen MR) is 90.0 cm³/mol. The number of hydrogen-bond donors (Lipinski definition) is 0. The fourth-order valence-electron chi connectivity index (χ4n) is 3.07. The van der Waals surface area contributed by atoms with Gasteiger partial charge in [0, 0.05) is 25.6 Å². The molecule has 22 heavy (non-hydrogen) atoms. The van der Waals surface area contributed by atoms with Gasteiger partial charge in [0.25, 0.3) is 0 Å². The third-order valence-corrected chi connectivity index (χ3v) is 4.92. The molecule has 0 unspecified atom stereocenters. The molecule has 112 valence electrons. The fourth-order valence-corrected chi connectivity index (χ4v) is 3.37. The third-order valence-electron chi connectivity index (χ3n) is 4.18. The summed E-state index contributed by atoms with van der Waals surface area (Å²) in [6.07, 6.45) is 0. The van der Waals surface area contributed by atoms with Crippen molar-refractivity contribution in [1.82, 2.24) is 4.90 Å². The van der Waals surface area contributed by atoms with E-state index in [2.05, 4.69) is 23.1 Å². The summed E-state index contributed by atoms with van der Waals surface area (Å²) in [5, 5.41) is 10.6. The minimum Gasteiger partial charge on any atom is -0.297 e. The maximum Gasteiger partial charge on any atom is 0.0676 e. The van der Waals surface area contributed by atoms with Gasteiger partial charge in [-0.1, -0.05) is 59.6 Å². The van der Waals surface area contributed by atoms with Crippen molar-refractivity contribution in [3.63, 3.8) is 0 Å². The largest absolute Gasteiger partial charge is 0.297 e. The fraction of sp³-hybridized carbons (Fsp3) is 0.278. The van der Waals surface area contributed by atoms with Crippen molar-refractivity contribution in [2.75, 3.05) is 13.1 Å². The van der Waals surface area contributed by atoms with Crippen LogP contribution in [0, 0.1) is 17.2 Å². The number of hydrogen-bond acceptors (Lipinski definition) is 2. The Kier molecular flexibility index (Phi) is 4.69. The van der Waals surface area contributed by atoms with Gasteiger partial charge in [0.15, 0.2) is 0 Å². The molecule has 1 fully saturated rings. The molecule has 1 aliphatic heterocycles. The molecule has 2 nitrogen and oxygen atoms in total. The standard InChI is InChI=1S/C18H16Cl2N2/c19-17-7-6-14(8-18(17)20)16-12-22(11-15(16)9-21)10-13-4-2-1-3-5-13/h1-8,15-16H,10-12H2/t15-,16-/m1/s1. The van der Waals surface area contributed by atoms with Gasteiger partial charge >= 0.3 is 0 Å². The molecule has 1 heterocycles. The minimum absolute atomic E-state index is 0.0130. The lowest BCUT2D eigenvalue weighted by Gasteiger charge is -2.16. The van der Waals surface area contributed by atoms with Crippen molar-refractivity contribution in [3.05, 3.63) is 69.7 Å². The lowest BCUT2D eigenvalue weighted by molar-refractivity contribution is 0.322. The number of nitrogens with zero attached hydrogens (tertiary/aromatic N) is 2. The van der Waals surface area contributed by atoms with E-state index in [1.54, 1.807) is 0 Å². The number of benzene rings is 2. The molecule has 0 radical (unpaired) electrons. The van der Waals surface area contributed by atoms with Crippen LogP contribution in [0.2, 0.25) is 10.0 Å². The van der Waals surface area contributed by atoms with Crippen LogP contribution in [0.5, 0.6) is 0 Å². The Morgan fingerprint density at radius 2 is 1.82 bits per heavy atom. The van der Waals surface area contributed by atoms with E-state index in [-0.39, 0.29) is 11.8 Å². The average molecular weight is 331 g/mol. The lowest BCUT2D eigenvalue weighted by atomic mass is 9.90. The number of nitriles is 1. The number of rotatable bonds is 3. The molecule has 1 aliphatic rings. The van der Waals surface area contributed by atoms with E-state index >= 15 is 0 Å². The van der Waals surface area contributed by atoms with Crippen molar-refractivity contribution in [2.45, 2.75) is 12.5 Å². The van der Waals surface area contributed by atoms with E-state index in [1.807, 2.05) is 36.4 Å². The van der Waals surface area contributed by atoms with Gasteiger partial charge < -0.3 is 0 Å². The van der Waals surface area contributed by atoms with Gasteiger partial charge in [-0.15, -0.1) is 0 Å². The smallest absolute Gasteiger partial charge is 0.0676 e. The Morgan fingerprint density at radius 3 is 2.50 bits per heavy atom. The lowest BCUT2D eigenvalue weighted by Crippen LogP contribution is -2.20. The summed E-state index contributed by atoms with van der Waals surface area (Å²) in [7, 11) is 0. The molecular weight excluding hydrogens is 315 g/mol. The normalized spacial score (nSPS) is 21.7. The summed E-state index contributed by atoms with van der Waals surface area (Å²) in [6.45, 7) is 2.53. The van der Waals surface area contributed by atoms with Crippen LogP contribution in [0.1, 0.15) is 17.0 Å². The summed E-state index contributed by atoms with van der Waals surface area (Å²) in [4.78, 5) is 2.33. The van der Waals surface area contributed by atoms with E-state index < -0.39 is 0 Å². The van der Waals surface area contributed by atoms with Crippen LogP contribution in [0.25, 0.3) is 0 Å². The molecule has 0 N–H and O–H groups in total. The van der Waals surface area contributed by atoms with Crippen LogP contribution >= 0.6 is 23.2 Å². The highest BCUT2D eigenvalue weighted by Crippen LogP contribution is 2.35. The molecule has 0 aliphatic carbocycles. The van der Waals surface area contributed by atoms with Crippen molar-refractivity contribution < 1.29 is 0 Å². The Balaban J connectivity index is 1.77. The summed E-state index contributed by atoms with van der Waals surface area (Å²) in [5.74, 6) is 0.171. The van der Waals surface area contributed by atoms with Crippen LogP contribution in [0.3, 0.4) is 0 Å². The second-order valence-corrected chi connectivity index (χ2v) is 6.51. The summed E-state index contributed by atoms with van der Waals surface area (Å²) in [5.41, 5.74) is 2.37. The molecule has 2 aromatic rings. The quantitative estimate of drug-likeness (QED) is 0.813.